The SMILES string of the molecule is COc1cc(C(=O)Nc2cccc(Cl)c2SC(F)F)cc2c1OCCO2. The van der Waals surface area contributed by atoms with Gasteiger partial charge in [-0.15, -0.1) is 0 Å². The summed E-state index contributed by atoms with van der Waals surface area (Å²) in [7, 11) is 1.45. The normalized spacial score (nSPS) is 12.8. The second-order valence-corrected chi connectivity index (χ2v) is 6.56. The smallest absolute Gasteiger partial charge is 0.289 e. The van der Waals surface area contributed by atoms with E-state index in [1.54, 1.807) is 6.07 Å². The van der Waals surface area contributed by atoms with Crippen molar-refractivity contribution in [3.8, 4) is 17.2 Å². The van der Waals surface area contributed by atoms with E-state index in [2.05, 4.69) is 5.32 Å². The number of hydrogen-bond acceptors (Lipinski definition) is 5. The number of benzene rings is 2. The van der Waals surface area contributed by atoms with E-state index in [4.69, 9.17) is 25.8 Å². The molecular formula is C17H14ClF2NO4S. The van der Waals surface area contributed by atoms with E-state index in [-0.39, 0.29) is 32.9 Å². The Kier molecular flexibility index (Phi) is 5.73. The fourth-order valence-corrected chi connectivity index (χ4v) is 3.33. The average Bonchev–Trinajstić information content (AvgIpc) is 2.63. The van der Waals surface area contributed by atoms with Crippen molar-refractivity contribution < 1.29 is 27.8 Å². The maximum atomic E-state index is 12.8. The number of thioether (sulfide) groups is 1. The zero-order valence-corrected chi connectivity index (χ0v) is 15.1. The quantitative estimate of drug-likeness (QED) is 0.737. The Morgan fingerprint density at radius 1 is 1.31 bits per heavy atom. The Morgan fingerprint density at radius 3 is 2.81 bits per heavy atom. The molecule has 5 nitrogen and oxygen atoms in total. The zero-order chi connectivity index (χ0) is 18.7. The minimum atomic E-state index is -2.67. The maximum Gasteiger partial charge on any atom is 0.289 e. The molecule has 0 fully saturated rings. The Bertz CT molecular complexity index is 817. The number of nitrogens with one attached hydrogen (secondary N) is 1. The summed E-state index contributed by atoms with van der Waals surface area (Å²) < 4.78 is 41.8. The second-order valence-electron chi connectivity index (χ2n) is 5.15. The van der Waals surface area contributed by atoms with Gasteiger partial charge in [-0.3, -0.25) is 4.79 Å². The molecule has 26 heavy (non-hydrogen) atoms. The van der Waals surface area contributed by atoms with Gasteiger partial charge in [0.15, 0.2) is 11.5 Å². The summed E-state index contributed by atoms with van der Waals surface area (Å²) in [6.07, 6.45) is 0. The van der Waals surface area contributed by atoms with Crippen LogP contribution in [0.15, 0.2) is 35.2 Å². The lowest BCUT2D eigenvalue weighted by Crippen LogP contribution is -2.18. The fraction of sp³-hybridized carbons (Fsp3) is 0.235. The van der Waals surface area contributed by atoms with E-state index in [1.807, 2.05) is 0 Å². The lowest BCUT2D eigenvalue weighted by molar-refractivity contribution is 0.102. The minimum Gasteiger partial charge on any atom is -0.493 e. The van der Waals surface area contributed by atoms with Crippen molar-refractivity contribution in [1.82, 2.24) is 0 Å². The van der Waals surface area contributed by atoms with Crippen LogP contribution in [0.4, 0.5) is 14.5 Å². The molecule has 0 saturated carbocycles. The van der Waals surface area contributed by atoms with E-state index in [0.717, 1.165) is 0 Å². The monoisotopic (exact) mass is 401 g/mol. The molecule has 138 valence electrons. The van der Waals surface area contributed by atoms with Crippen LogP contribution >= 0.6 is 23.4 Å². The van der Waals surface area contributed by atoms with Crippen molar-refractivity contribution in [3.05, 3.63) is 40.9 Å². The first-order valence-corrected chi connectivity index (χ1v) is 8.77. The maximum absolute atomic E-state index is 12.8. The van der Waals surface area contributed by atoms with Gasteiger partial charge in [-0.2, -0.15) is 8.78 Å². The van der Waals surface area contributed by atoms with E-state index in [0.29, 0.717) is 30.5 Å². The fourth-order valence-electron chi connectivity index (χ4n) is 2.41. The van der Waals surface area contributed by atoms with Crippen molar-refractivity contribution in [2.75, 3.05) is 25.6 Å². The van der Waals surface area contributed by atoms with Crippen LogP contribution in [-0.4, -0.2) is 32.0 Å². The van der Waals surface area contributed by atoms with Gasteiger partial charge >= 0.3 is 0 Å². The molecule has 2 aromatic carbocycles. The van der Waals surface area contributed by atoms with Crippen molar-refractivity contribution in [1.29, 1.82) is 0 Å². The second kappa shape index (κ2) is 8.01. The molecule has 0 unspecified atom stereocenters. The number of halogens is 3. The average molecular weight is 402 g/mol. The molecule has 0 aromatic heterocycles. The number of anilines is 1. The van der Waals surface area contributed by atoms with E-state index < -0.39 is 11.7 Å². The zero-order valence-electron chi connectivity index (χ0n) is 13.6. The summed E-state index contributed by atoms with van der Waals surface area (Å²) in [4.78, 5) is 12.7. The van der Waals surface area contributed by atoms with Gasteiger partial charge in [0, 0.05) is 5.56 Å². The molecule has 0 atom stereocenters. The number of hydrogen-bond donors (Lipinski definition) is 1. The molecule has 1 aliphatic heterocycles. The highest BCUT2D eigenvalue weighted by molar-refractivity contribution is 7.99. The highest BCUT2D eigenvalue weighted by Gasteiger charge is 2.22. The van der Waals surface area contributed by atoms with Crippen LogP contribution in [0, 0.1) is 0 Å². The van der Waals surface area contributed by atoms with Crippen molar-refractivity contribution in [3.63, 3.8) is 0 Å². The van der Waals surface area contributed by atoms with Crippen LogP contribution in [0.1, 0.15) is 10.4 Å². The summed E-state index contributed by atoms with van der Waals surface area (Å²) in [5, 5.41) is 2.73. The molecule has 3 rings (SSSR count). The number of ether oxygens (including phenoxy) is 3. The molecule has 0 saturated heterocycles. The van der Waals surface area contributed by atoms with Crippen LogP contribution < -0.4 is 19.5 Å². The van der Waals surface area contributed by atoms with E-state index in [1.165, 1.54) is 31.4 Å². The predicted octanol–water partition coefficient (Wildman–Crippen LogP) is 4.69. The van der Waals surface area contributed by atoms with Gasteiger partial charge in [0.2, 0.25) is 5.75 Å². The molecule has 0 spiro atoms. The largest absolute Gasteiger partial charge is 0.493 e. The van der Waals surface area contributed by atoms with Gasteiger partial charge in [-0.05, 0) is 24.3 Å². The highest BCUT2D eigenvalue weighted by atomic mass is 35.5. The number of methoxy groups -OCH3 is 1. The number of fused-ring (bicyclic) bond motifs is 1. The summed E-state index contributed by atoms with van der Waals surface area (Å²) >= 11 is 6.25. The van der Waals surface area contributed by atoms with Crippen molar-refractivity contribution in [2.45, 2.75) is 10.7 Å². The van der Waals surface area contributed by atoms with Crippen LogP contribution in [0.25, 0.3) is 0 Å². The van der Waals surface area contributed by atoms with Gasteiger partial charge in [0.05, 0.1) is 22.7 Å². The predicted molar refractivity (Wildman–Crippen MR) is 95.3 cm³/mol. The van der Waals surface area contributed by atoms with Crippen LogP contribution in [0.2, 0.25) is 5.02 Å². The summed E-state index contributed by atoms with van der Waals surface area (Å²) in [6.45, 7) is 0.732. The molecule has 1 aliphatic rings. The third-order valence-electron chi connectivity index (χ3n) is 3.51. The standard InChI is InChI=1S/C17H14ClF2NO4S/c1-23-12-7-9(8-13-14(12)25-6-5-24-13)16(22)21-11-4-2-3-10(18)15(11)26-17(19)20/h2-4,7-8,17H,5-6H2,1H3,(H,21,22). The lowest BCUT2D eigenvalue weighted by Gasteiger charge is -2.21. The van der Waals surface area contributed by atoms with Crippen LogP contribution in [0.5, 0.6) is 17.2 Å². The minimum absolute atomic E-state index is 0.0991. The number of carbonyl (C=O) groups is 1. The third kappa shape index (κ3) is 3.96. The molecule has 1 amide bonds. The molecule has 9 heteroatoms. The molecule has 0 bridgehead atoms. The molecule has 1 N–H and O–H groups in total. The van der Waals surface area contributed by atoms with Crippen LogP contribution in [-0.2, 0) is 0 Å². The summed E-state index contributed by atoms with van der Waals surface area (Å²) in [5.74, 6) is -2.03. The first-order valence-electron chi connectivity index (χ1n) is 7.52. The number of alkyl halides is 2. The van der Waals surface area contributed by atoms with Gasteiger partial charge in [0.1, 0.15) is 13.2 Å². The van der Waals surface area contributed by atoms with E-state index >= 15 is 0 Å². The topological polar surface area (TPSA) is 56.8 Å². The number of carbonyl (C=O) groups excluding carboxylic acids is 1. The molecular weight excluding hydrogens is 388 g/mol. The first-order chi connectivity index (χ1) is 12.5. The van der Waals surface area contributed by atoms with Gasteiger partial charge < -0.3 is 19.5 Å². The Balaban J connectivity index is 1.91. The Labute approximate surface area is 157 Å². The first kappa shape index (κ1) is 18.6. The van der Waals surface area contributed by atoms with Gasteiger partial charge in [-0.1, -0.05) is 29.4 Å². The molecule has 0 aliphatic carbocycles. The van der Waals surface area contributed by atoms with Crippen LogP contribution in [0.3, 0.4) is 0 Å². The summed E-state index contributed by atoms with van der Waals surface area (Å²) in [5.41, 5.74) is 0.431. The molecule has 0 radical (unpaired) electrons. The van der Waals surface area contributed by atoms with Gasteiger partial charge in [0.25, 0.3) is 11.7 Å². The summed E-state index contributed by atoms with van der Waals surface area (Å²) in [6, 6.07) is 7.56. The van der Waals surface area contributed by atoms with E-state index in [9.17, 15) is 13.6 Å². The Hall–Kier alpha value is -2.19. The third-order valence-corrected chi connectivity index (χ3v) is 4.79. The van der Waals surface area contributed by atoms with Crippen molar-refractivity contribution >= 4 is 35.0 Å². The molecule has 2 aromatic rings. The highest BCUT2D eigenvalue weighted by Crippen LogP contribution is 2.41. The van der Waals surface area contributed by atoms with Gasteiger partial charge in [-0.25, -0.2) is 0 Å². The molecule has 1 heterocycles. The Morgan fingerprint density at radius 2 is 2.08 bits per heavy atom. The van der Waals surface area contributed by atoms with Crippen molar-refractivity contribution in [2.24, 2.45) is 0 Å². The number of rotatable bonds is 5. The number of amides is 1. The lowest BCUT2D eigenvalue weighted by atomic mass is 10.1.